The minimum absolute atomic E-state index is 0.203. The molecule has 0 saturated heterocycles. The van der Waals surface area contributed by atoms with Gasteiger partial charge in [-0.1, -0.05) is 12.8 Å². The highest BCUT2D eigenvalue weighted by atomic mass is 16.6. The molecule has 0 spiro atoms. The van der Waals surface area contributed by atoms with Crippen LogP contribution < -0.4 is 5.32 Å². The van der Waals surface area contributed by atoms with E-state index in [0.717, 1.165) is 25.4 Å². The fraction of sp³-hybridized carbons (Fsp3) is 0.938. The van der Waals surface area contributed by atoms with Crippen LogP contribution in [0.2, 0.25) is 0 Å². The lowest BCUT2D eigenvalue weighted by molar-refractivity contribution is 0.0258. The van der Waals surface area contributed by atoms with E-state index in [2.05, 4.69) is 12.2 Å². The molecule has 0 heterocycles. The molecular weight excluding hydrogens is 252 g/mol. The lowest BCUT2D eigenvalue weighted by atomic mass is 10.1. The van der Waals surface area contributed by atoms with Crippen LogP contribution in [0.25, 0.3) is 0 Å². The van der Waals surface area contributed by atoms with Gasteiger partial charge in [-0.3, -0.25) is 0 Å². The molecule has 4 heteroatoms. The molecule has 0 aromatic heterocycles. The first-order valence-electron chi connectivity index (χ1n) is 8.03. The molecule has 118 valence electrons. The van der Waals surface area contributed by atoms with E-state index in [-0.39, 0.29) is 6.09 Å². The largest absolute Gasteiger partial charge is 0.444 e. The molecule has 1 fully saturated rings. The number of hydrogen-bond donors (Lipinski definition) is 1. The Bertz CT molecular complexity index is 295. The van der Waals surface area contributed by atoms with E-state index in [1.165, 1.54) is 19.3 Å². The maximum Gasteiger partial charge on any atom is 0.410 e. The maximum atomic E-state index is 12.0. The van der Waals surface area contributed by atoms with E-state index >= 15 is 0 Å². The molecule has 1 N–H and O–H groups in total. The minimum atomic E-state index is -0.415. The third-order valence-corrected chi connectivity index (χ3v) is 3.51. The summed E-state index contributed by atoms with van der Waals surface area (Å²) in [6.07, 6.45) is 4.89. The van der Waals surface area contributed by atoms with Crippen LogP contribution in [-0.2, 0) is 4.74 Å². The van der Waals surface area contributed by atoms with Gasteiger partial charge in [-0.05, 0) is 59.9 Å². The summed E-state index contributed by atoms with van der Waals surface area (Å²) in [4.78, 5) is 13.7. The average Bonchev–Trinajstić information content (AvgIpc) is 3.10. The summed E-state index contributed by atoms with van der Waals surface area (Å²) in [5.41, 5.74) is -0.415. The van der Waals surface area contributed by atoms with Gasteiger partial charge in [0.15, 0.2) is 0 Å². The number of nitrogens with zero attached hydrogens (tertiary/aromatic N) is 1. The second-order valence-corrected chi connectivity index (χ2v) is 6.95. The molecule has 1 unspecified atom stereocenters. The van der Waals surface area contributed by atoms with Crippen molar-refractivity contribution in [2.24, 2.45) is 5.92 Å². The van der Waals surface area contributed by atoms with Crippen molar-refractivity contribution in [2.45, 2.75) is 71.9 Å². The first kappa shape index (κ1) is 17.3. The lowest BCUT2D eigenvalue weighted by Crippen LogP contribution is -2.38. The van der Waals surface area contributed by atoms with E-state index in [9.17, 15) is 4.79 Å². The summed E-state index contributed by atoms with van der Waals surface area (Å²) in [6, 6.07) is 0.596. The highest BCUT2D eigenvalue weighted by Crippen LogP contribution is 2.33. The van der Waals surface area contributed by atoms with Crippen molar-refractivity contribution in [1.29, 1.82) is 0 Å². The maximum absolute atomic E-state index is 12.0. The predicted molar refractivity (Wildman–Crippen MR) is 82.9 cm³/mol. The summed E-state index contributed by atoms with van der Waals surface area (Å²) in [5, 5.41) is 3.54. The Kier molecular flexibility index (Phi) is 6.80. The Hall–Kier alpha value is -0.770. The van der Waals surface area contributed by atoms with Gasteiger partial charge in [0.1, 0.15) is 5.60 Å². The van der Waals surface area contributed by atoms with Crippen molar-refractivity contribution >= 4 is 6.09 Å². The van der Waals surface area contributed by atoms with Gasteiger partial charge < -0.3 is 15.0 Å². The number of rotatable bonds is 8. The van der Waals surface area contributed by atoms with Crippen LogP contribution in [0.15, 0.2) is 0 Å². The summed E-state index contributed by atoms with van der Waals surface area (Å²) in [5.74, 6) is 0.964. The van der Waals surface area contributed by atoms with E-state index < -0.39 is 5.60 Å². The SMILES string of the molecule is CCN(CCCNC(C)CC1CC1)C(=O)OC(C)(C)C. The van der Waals surface area contributed by atoms with Gasteiger partial charge in [-0.15, -0.1) is 0 Å². The van der Waals surface area contributed by atoms with Crippen LogP contribution in [0.3, 0.4) is 0 Å². The molecular formula is C16H32N2O2. The van der Waals surface area contributed by atoms with Gasteiger partial charge >= 0.3 is 6.09 Å². The van der Waals surface area contributed by atoms with Crippen LogP contribution >= 0.6 is 0 Å². The molecule has 1 atom stereocenters. The fourth-order valence-corrected chi connectivity index (χ4v) is 2.26. The predicted octanol–water partition coefficient (Wildman–Crippen LogP) is 3.41. The van der Waals surface area contributed by atoms with Gasteiger partial charge in [0.2, 0.25) is 0 Å². The Morgan fingerprint density at radius 2 is 2.05 bits per heavy atom. The molecule has 0 aromatic rings. The number of nitrogens with one attached hydrogen (secondary N) is 1. The van der Waals surface area contributed by atoms with E-state index in [1.807, 2.05) is 27.7 Å². The number of carbonyl (C=O) groups is 1. The van der Waals surface area contributed by atoms with Crippen LogP contribution in [0.1, 0.15) is 60.3 Å². The molecule has 20 heavy (non-hydrogen) atoms. The second kappa shape index (κ2) is 7.87. The number of hydrogen-bond acceptors (Lipinski definition) is 3. The monoisotopic (exact) mass is 284 g/mol. The average molecular weight is 284 g/mol. The van der Waals surface area contributed by atoms with Crippen molar-refractivity contribution in [3.63, 3.8) is 0 Å². The van der Waals surface area contributed by atoms with Crippen molar-refractivity contribution in [3.8, 4) is 0 Å². The Labute approximate surface area is 124 Å². The smallest absolute Gasteiger partial charge is 0.410 e. The second-order valence-electron chi connectivity index (χ2n) is 6.95. The van der Waals surface area contributed by atoms with Crippen molar-refractivity contribution in [3.05, 3.63) is 0 Å². The molecule has 1 rings (SSSR count). The third-order valence-electron chi connectivity index (χ3n) is 3.51. The minimum Gasteiger partial charge on any atom is -0.444 e. The molecule has 1 aliphatic rings. The lowest BCUT2D eigenvalue weighted by Gasteiger charge is -2.26. The molecule has 0 bridgehead atoms. The Morgan fingerprint density at radius 3 is 2.55 bits per heavy atom. The van der Waals surface area contributed by atoms with E-state index in [0.29, 0.717) is 12.6 Å². The topological polar surface area (TPSA) is 41.6 Å². The highest BCUT2D eigenvalue weighted by molar-refractivity contribution is 5.68. The first-order chi connectivity index (χ1) is 9.31. The number of carbonyl (C=O) groups excluding carboxylic acids is 1. The number of amides is 1. The van der Waals surface area contributed by atoms with Gasteiger partial charge in [0.25, 0.3) is 0 Å². The van der Waals surface area contributed by atoms with E-state index in [4.69, 9.17) is 4.74 Å². The van der Waals surface area contributed by atoms with Crippen LogP contribution in [0.5, 0.6) is 0 Å². The summed E-state index contributed by atoms with van der Waals surface area (Å²) >= 11 is 0. The molecule has 1 amide bonds. The fourth-order valence-electron chi connectivity index (χ4n) is 2.26. The van der Waals surface area contributed by atoms with Crippen LogP contribution in [0.4, 0.5) is 4.79 Å². The molecule has 0 radical (unpaired) electrons. The Balaban J connectivity index is 2.14. The number of ether oxygens (including phenoxy) is 1. The molecule has 0 aliphatic heterocycles. The van der Waals surface area contributed by atoms with Crippen molar-refractivity contribution in [2.75, 3.05) is 19.6 Å². The zero-order valence-electron chi connectivity index (χ0n) is 13.9. The summed E-state index contributed by atoms with van der Waals surface area (Å²) in [7, 11) is 0. The van der Waals surface area contributed by atoms with Crippen LogP contribution in [-0.4, -0.2) is 42.3 Å². The van der Waals surface area contributed by atoms with Gasteiger partial charge in [0.05, 0.1) is 0 Å². The van der Waals surface area contributed by atoms with Crippen LogP contribution in [0, 0.1) is 5.92 Å². The Morgan fingerprint density at radius 1 is 1.40 bits per heavy atom. The van der Waals surface area contributed by atoms with Gasteiger partial charge in [-0.2, -0.15) is 0 Å². The first-order valence-corrected chi connectivity index (χ1v) is 8.03. The molecule has 1 saturated carbocycles. The zero-order valence-corrected chi connectivity index (χ0v) is 13.9. The van der Waals surface area contributed by atoms with E-state index in [1.54, 1.807) is 4.90 Å². The van der Waals surface area contributed by atoms with Crippen molar-refractivity contribution < 1.29 is 9.53 Å². The standard InChI is InChI=1S/C16H32N2O2/c1-6-18(15(19)20-16(3,4)5)11-7-10-17-13(2)12-14-8-9-14/h13-14,17H,6-12H2,1-5H3. The zero-order chi connectivity index (χ0) is 15.2. The molecule has 1 aliphatic carbocycles. The highest BCUT2D eigenvalue weighted by Gasteiger charge is 2.23. The van der Waals surface area contributed by atoms with Crippen molar-refractivity contribution in [1.82, 2.24) is 10.2 Å². The molecule has 0 aromatic carbocycles. The van der Waals surface area contributed by atoms with Gasteiger partial charge in [0, 0.05) is 19.1 Å². The van der Waals surface area contributed by atoms with Gasteiger partial charge in [-0.25, -0.2) is 4.79 Å². The molecule has 4 nitrogen and oxygen atoms in total. The summed E-state index contributed by atoms with van der Waals surface area (Å²) in [6.45, 7) is 12.4. The normalized spacial score (nSPS) is 16.9. The summed E-state index contributed by atoms with van der Waals surface area (Å²) < 4.78 is 5.40. The third kappa shape index (κ3) is 7.73. The quantitative estimate of drug-likeness (QED) is 0.694.